The van der Waals surface area contributed by atoms with Crippen LogP contribution >= 0.6 is 0 Å². The second-order valence-corrected chi connectivity index (χ2v) is 10.9. The van der Waals surface area contributed by atoms with E-state index in [1.54, 1.807) is 0 Å². The van der Waals surface area contributed by atoms with E-state index in [2.05, 4.69) is 109 Å². The van der Waals surface area contributed by atoms with Crippen molar-refractivity contribution in [2.24, 2.45) is 0 Å². The fourth-order valence-electron chi connectivity index (χ4n) is 7.02. The van der Waals surface area contributed by atoms with Gasteiger partial charge in [0, 0.05) is 27.6 Å². The number of benzene rings is 6. The van der Waals surface area contributed by atoms with Crippen LogP contribution in [-0.2, 0) is 5.41 Å². The molecule has 1 aromatic heterocycles. The molecule has 0 N–H and O–H groups in total. The maximum absolute atomic E-state index is 6.70. The van der Waals surface area contributed by atoms with Gasteiger partial charge in [-0.2, -0.15) is 0 Å². The number of ether oxygens (including phenoxy) is 1. The van der Waals surface area contributed by atoms with Crippen LogP contribution in [0, 0.1) is 0 Å². The summed E-state index contributed by atoms with van der Waals surface area (Å²) >= 11 is 0. The number of rotatable bonds is 2. The first kappa shape index (κ1) is 23.2. The van der Waals surface area contributed by atoms with Gasteiger partial charge in [0.2, 0.25) is 0 Å². The lowest BCUT2D eigenvalue weighted by atomic mass is 9.66. The summed E-state index contributed by atoms with van der Waals surface area (Å²) in [7, 11) is 0. The molecule has 0 fully saturated rings. The van der Waals surface area contributed by atoms with Crippen molar-refractivity contribution in [2.75, 3.05) is 0 Å². The van der Waals surface area contributed by atoms with E-state index in [1.165, 1.54) is 22.3 Å². The number of nitrogens with zero attached hydrogens (tertiary/aromatic N) is 2. The van der Waals surface area contributed by atoms with Gasteiger partial charge in [0.25, 0.3) is 0 Å². The third kappa shape index (κ3) is 3.11. The highest BCUT2D eigenvalue weighted by molar-refractivity contribution is 5.94. The van der Waals surface area contributed by atoms with Gasteiger partial charge in [-0.1, -0.05) is 127 Å². The van der Waals surface area contributed by atoms with Crippen molar-refractivity contribution in [3.05, 3.63) is 168 Å². The fourth-order valence-corrected chi connectivity index (χ4v) is 7.02. The Morgan fingerprint density at radius 2 is 1.07 bits per heavy atom. The Morgan fingerprint density at radius 1 is 0.452 bits per heavy atom. The fraction of sp³-hybridized carbons (Fsp3) is 0.0256. The molecule has 2 aliphatic rings. The van der Waals surface area contributed by atoms with Crippen molar-refractivity contribution in [1.82, 2.24) is 9.97 Å². The molecule has 0 atom stereocenters. The van der Waals surface area contributed by atoms with Gasteiger partial charge in [-0.3, -0.25) is 0 Å². The van der Waals surface area contributed by atoms with Crippen LogP contribution < -0.4 is 4.74 Å². The normalized spacial score (nSPS) is 13.6. The number of hydrogen-bond donors (Lipinski definition) is 0. The molecule has 0 unspecified atom stereocenters. The van der Waals surface area contributed by atoms with Gasteiger partial charge in [-0.05, 0) is 40.5 Å². The predicted octanol–water partition coefficient (Wildman–Crippen LogP) is 9.43. The van der Waals surface area contributed by atoms with Crippen LogP contribution in [0.3, 0.4) is 0 Å². The molecule has 0 saturated carbocycles. The first-order chi connectivity index (χ1) is 20.8. The number of fused-ring (bicyclic) bond motifs is 10. The third-order valence-corrected chi connectivity index (χ3v) is 8.76. The highest BCUT2D eigenvalue weighted by atomic mass is 16.5. The number of hydrogen-bond acceptors (Lipinski definition) is 3. The molecule has 1 aliphatic carbocycles. The zero-order valence-electron chi connectivity index (χ0n) is 22.7. The Bertz CT molecular complexity index is 2140. The van der Waals surface area contributed by atoms with Crippen molar-refractivity contribution in [3.63, 3.8) is 0 Å². The van der Waals surface area contributed by atoms with Gasteiger partial charge in [0.1, 0.15) is 11.5 Å². The SMILES string of the molecule is c1ccc(-c2nc(-c3ccc4c(c3)Oc3ccccc3C43c4ccccc4-c4ccccc43)nc3ccccc23)cc1. The Morgan fingerprint density at radius 3 is 1.86 bits per heavy atom. The average molecular weight is 537 g/mol. The van der Waals surface area contributed by atoms with E-state index in [0.717, 1.165) is 50.3 Å². The van der Waals surface area contributed by atoms with E-state index >= 15 is 0 Å². The molecule has 196 valence electrons. The van der Waals surface area contributed by atoms with Gasteiger partial charge >= 0.3 is 0 Å². The number of aromatic nitrogens is 2. The zero-order valence-corrected chi connectivity index (χ0v) is 22.7. The van der Waals surface area contributed by atoms with Crippen LogP contribution in [0.1, 0.15) is 22.3 Å². The molecule has 0 saturated heterocycles. The Labute approximate surface area is 243 Å². The molecule has 6 aromatic carbocycles. The molecular weight excluding hydrogens is 512 g/mol. The summed E-state index contributed by atoms with van der Waals surface area (Å²) in [6, 6.07) is 51.1. The Balaban J connectivity index is 1.31. The lowest BCUT2D eigenvalue weighted by Crippen LogP contribution is -2.32. The highest BCUT2D eigenvalue weighted by Gasteiger charge is 2.50. The first-order valence-corrected chi connectivity index (χ1v) is 14.3. The topological polar surface area (TPSA) is 35.0 Å². The van der Waals surface area contributed by atoms with E-state index in [1.807, 2.05) is 36.4 Å². The lowest BCUT2D eigenvalue weighted by Gasteiger charge is -2.39. The molecule has 9 rings (SSSR count). The van der Waals surface area contributed by atoms with Crippen molar-refractivity contribution in [2.45, 2.75) is 5.41 Å². The number of para-hydroxylation sites is 2. The van der Waals surface area contributed by atoms with Crippen LogP contribution in [0.2, 0.25) is 0 Å². The van der Waals surface area contributed by atoms with Crippen LogP contribution in [0.25, 0.3) is 44.7 Å². The van der Waals surface area contributed by atoms with Gasteiger partial charge < -0.3 is 4.74 Å². The minimum Gasteiger partial charge on any atom is -0.457 e. The van der Waals surface area contributed by atoms with Crippen molar-refractivity contribution >= 4 is 10.9 Å². The standard InChI is InChI=1S/C39H24N2O/c1-2-12-25(13-3-1)37-29-16-6-10-20-34(29)40-38(41-37)26-22-23-33-36(24-26)42-35-21-11-9-19-32(35)39(33)30-17-7-4-14-27(30)28-15-5-8-18-31(28)39/h1-24H. The van der Waals surface area contributed by atoms with Crippen molar-refractivity contribution < 1.29 is 4.74 Å². The first-order valence-electron chi connectivity index (χ1n) is 14.3. The minimum absolute atomic E-state index is 0.477. The molecule has 42 heavy (non-hydrogen) atoms. The largest absolute Gasteiger partial charge is 0.457 e. The monoisotopic (exact) mass is 536 g/mol. The molecule has 7 aromatic rings. The summed E-state index contributed by atoms with van der Waals surface area (Å²) < 4.78 is 6.70. The van der Waals surface area contributed by atoms with Gasteiger partial charge in [-0.15, -0.1) is 0 Å². The third-order valence-electron chi connectivity index (χ3n) is 8.76. The minimum atomic E-state index is -0.477. The van der Waals surface area contributed by atoms with Gasteiger partial charge in [0.05, 0.1) is 16.6 Å². The second kappa shape index (κ2) is 8.73. The summed E-state index contributed by atoms with van der Waals surface area (Å²) in [5.41, 5.74) is 10.8. The second-order valence-electron chi connectivity index (χ2n) is 10.9. The maximum atomic E-state index is 6.70. The molecular formula is C39H24N2O. The van der Waals surface area contributed by atoms with Crippen LogP contribution in [0.15, 0.2) is 146 Å². The van der Waals surface area contributed by atoms with Crippen molar-refractivity contribution in [3.8, 4) is 45.3 Å². The molecule has 3 heteroatoms. The zero-order chi connectivity index (χ0) is 27.7. The molecule has 1 aliphatic heterocycles. The van der Waals surface area contributed by atoms with Crippen LogP contribution in [-0.4, -0.2) is 9.97 Å². The Hall–Kier alpha value is -5.54. The van der Waals surface area contributed by atoms with Gasteiger partial charge in [0.15, 0.2) is 5.82 Å². The summed E-state index contributed by atoms with van der Waals surface area (Å²) in [6.07, 6.45) is 0. The molecule has 1 spiro atoms. The summed E-state index contributed by atoms with van der Waals surface area (Å²) in [6.45, 7) is 0. The smallest absolute Gasteiger partial charge is 0.160 e. The predicted molar refractivity (Wildman–Crippen MR) is 168 cm³/mol. The van der Waals surface area contributed by atoms with E-state index in [0.29, 0.717) is 5.82 Å². The van der Waals surface area contributed by atoms with E-state index < -0.39 is 5.41 Å². The summed E-state index contributed by atoms with van der Waals surface area (Å²) in [5, 5.41) is 1.04. The molecule has 0 radical (unpaired) electrons. The Kier molecular flexibility index (Phi) is 4.82. The van der Waals surface area contributed by atoms with Gasteiger partial charge in [-0.25, -0.2) is 9.97 Å². The quantitative estimate of drug-likeness (QED) is 0.221. The molecule has 2 heterocycles. The maximum Gasteiger partial charge on any atom is 0.160 e. The van der Waals surface area contributed by atoms with E-state index in [9.17, 15) is 0 Å². The molecule has 0 amide bonds. The lowest BCUT2D eigenvalue weighted by molar-refractivity contribution is 0.436. The van der Waals surface area contributed by atoms with Crippen LogP contribution in [0.5, 0.6) is 11.5 Å². The summed E-state index contributed by atoms with van der Waals surface area (Å²) in [4.78, 5) is 10.1. The summed E-state index contributed by atoms with van der Waals surface area (Å²) in [5.74, 6) is 2.38. The van der Waals surface area contributed by atoms with Crippen LogP contribution in [0.4, 0.5) is 0 Å². The van der Waals surface area contributed by atoms with E-state index in [-0.39, 0.29) is 0 Å². The van der Waals surface area contributed by atoms with Crippen molar-refractivity contribution in [1.29, 1.82) is 0 Å². The molecule has 3 nitrogen and oxygen atoms in total. The van der Waals surface area contributed by atoms with E-state index in [4.69, 9.17) is 14.7 Å². The highest BCUT2D eigenvalue weighted by Crippen LogP contribution is 2.62. The average Bonchev–Trinajstić information content (AvgIpc) is 3.35. The molecule has 0 bridgehead atoms.